The molecular weight excluding hydrogens is 430 g/mol. The second-order valence-corrected chi connectivity index (χ2v) is 7.30. The Kier molecular flexibility index (Phi) is 11.6. The Labute approximate surface area is 185 Å². The quantitative estimate of drug-likeness (QED) is 0.233. The standard InChI is InChI=1S/C20H31NO11/c1-11(22)21-17-19(31-14(4)25)18(30-13(3)24)15(10-29-12(2)23)32-20(17)28-9-7-5-6-8-16(26)27/h15,17-20H,5-10H2,1-4H3,(H,21,22)(H,26,27). The van der Waals surface area contributed by atoms with Gasteiger partial charge in [0.2, 0.25) is 5.91 Å². The summed E-state index contributed by atoms with van der Waals surface area (Å²) in [6.45, 7) is 4.60. The predicted molar refractivity (Wildman–Crippen MR) is 106 cm³/mol. The van der Waals surface area contributed by atoms with Gasteiger partial charge in [0, 0.05) is 40.7 Å². The second kappa shape index (κ2) is 13.6. The van der Waals surface area contributed by atoms with E-state index >= 15 is 0 Å². The largest absolute Gasteiger partial charge is 0.481 e. The van der Waals surface area contributed by atoms with Crippen molar-refractivity contribution in [3.05, 3.63) is 0 Å². The molecule has 0 saturated carbocycles. The first-order valence-corrected chi connectivity index (χ1v) is 10.2. The minimum atomic E-state index is -1.18. The van der Waals surface area contributed by atoms with E-state index in [1.54, 1.807) is 0 Å². The molecule has 1 aliphatic heterocycles. The number of carboxylic acids is 1. The molecule has 0 aromatic heterocycles. The van der Waals surface area contributed by atoms with Gasteiger partial charge in [-0.05, 0) is 12.8 Å². The summed E-state index contributed by atoms with van der Waals surface area (Å²) in [6, 6.07) is -1.02. The molecule has 1 fully saturated rings. The second-order valence-electron chi connectivity index (χ2n) is 7.30. The van der Waals surface area contributed by atoms with E-state index in [1.165, 1.54) is 13.8 Å². The van der Waals surface area contributed by atoms with Crippen molar-refractivity contribution in [1.29, 1.82) is 0 Å². The van der Waals surface area contributed by atoms with Crippen molar-refractivity contribution < 1.29 is 52.8 Å². The van der Waals surface area contributed by atoms with Gasteiger partial charge >= 0.3 is 23.9 Å². The Balaban J connectivity index is 3.05. The number of unbranched alkanes of at least 4 members (excludes halogenated alkanes) is 2. The molecule has 1 heterocycles. The number of nitrogens with one attached hydrogen (secondary N) is 1. The van der Waals surface area contributed by atoms with Crippen LogP contribution in [0.25, 0.3) is 0 Å². The molecule has 1 saturated heterocycles. The zero-order valence-electron chi connectivity index (χ0n) is 18.7. The SMILES string of the molecule is CC(=O)NC1C(OCCCCCC(=O)O)OC(COC(C)=O)C(OC(C)=O)C1OC(C)=O. The van der Waals surface area contributed by atoms with E-state index < -0.39 is 60.4 Å². The van der Waals surface area contributed by atoms with Gasteiger partial charge in [-0.25, -0.2) is 0 Å². The minimum absolute atomic E-state index is 0.0392. The number of ether oxygens (including phenoxy) is 5. The molecule has 0 aliphatic carbocycles. The van der Waals surface area contributed by atoms with Gasteiger partial charge in [0.25, 0.3) is 0 Å². The molecule has 182 valence electrons. The zero-order valence-corrected chi connectivity index (χ0v) is 18.7. The highest BCUT2D eigenvalue weighted by Crippen LogP contribution is 2.28. The topological polar surface area (TPSA) is 164 Å². The van der Waals surface area contributed by atoms with Crippen LogP contribution >= 0.6 is 0 Å². The van der Waals surface area contributed by atoms with Gasteiger partial charge in [-0.2, -0.15) is 0 Å². The average Bonchev–Trinajstić information content (AvgIpc) is 2.65. The van der Waals surface area contributed by atoms with E-state index in [4.69, 9.17) is 28.8 Å². The number of hydrogen-bond acceptors (Lipinski definition) is 10. The van der Waals surface area contributed by atoms with E-state index in [0.29, 0.717) is 19.3 Å². The summed E-state index contributed by atoms with van der Waals surface area (Å²) in [5.41, 5.74) is 0. The number of rotatable bonds is 12. The smallest absolute Gasteiger partial charge is 0.303 e. The third-order valence-corrected chi connectivity index (χ3v) is 4.39. The maximum absolute atomic E-state index is 11.8. The van der Waals surface area contributed by atoms with Crippen LogP contribution in [-0.2, 0) is 47.7 Å². The summed E-state index contributed by atoms with van der Waals surface area (Å²) < 4.78 is 27.2. The van der Waals surface area contributed by atoms with Crippen molar-refractivity contribution in [3.63, 3.8) is 0 Å². The van der Waals surface area contributed by atoms with Crippen LogP contribution in [0.4, 0.5) is 0 Å². The maximum Gasteiger partial charge on any atom is 0.303 e. The fourth-order valence-corrected chi connectivity index (χ4v) is 3.19. The van der Waals surface area contributed by atoms with E-state index in [9.17, 15) is 24.0 Å². The van der Waals surface area contributed by atoms with Crippen molar-refractivity contribution in [2.24, 2.45) is 0 Å². The van der Waals surface area contributed by atoms with Gasteiger partial charge in [-0.15, -0.1) is 0 Å². The van der Waals surface area contributed by atoms with Gasteiger partial charge in [0.15, 0.2) is 18.5 Å². The fourth-order valence-electron chi connectivity index (χ4n) is 3.19. The Morgan fingerprint density at radius 3 is 2.03 bits per heavy atom. The van der Waals surface area contributed by atoms with Crippen molar-refractivity contribution in [2.45, 2.75) is 84.0 Å². The third-order valence-electron chi connectivity index (χ3n) is 4.39. The maximum atomic E-state index is 11.8. The average molecular weight is 461 g/mol. The van der Waals surface area contributed by atoms with Gasteiger partial charge < -0.3 is 34.1 Å². The number of hydrogen-bond donors (Lipinski definition) is 2. The normalized spacial score (nSPS) is 24.8. The lowest BCUT2D eigenvalue weighted by atomic mass is 9.96. The van der Waals surface area contributed by atoms with E-state index in [2.05, 4.69) is 5.32 Å². The summed E-state index contributed by atoms with van der Waals surface area (Å²) in [5, 5.41) is 11.3. The van der Waals surface area contributed by atoms with Crippen LogP contribution < -0.4 is 5.32 Å². The van der Waals surface area contributed by atoms with Crippen LogP contribution in [0.3, 0.4) is 0 Å². The van der Waals surface area contributed by atoms with E-state index in [1.807, 2.05) is 0 Å². The van der Waals surface area contributed by atoms with Crippen LogP contribution in [0, 0.1) is 0 Å². The molecule has 5 atom stereocenters. The van der Waals surface area contributed by atoms with Gasteiger partial charge in [-0.1, -0.05) is 6.42 Å². The Hall–Kier alpha value is -2.73. The summed E-state index contributed by atoms with van der Waals surface area (Å²) in [5.74, 6) is -3.34. The van der Waals surface area contributed by atoms with Crippen LogP contribution in [0.2, 0.25) is 0 Å². The zero-order chi connectivity index (χ0) is 24.3. The molecule has 12 nitrogen and oxygen atoms in total. The molecule has 0 aromatic carbocycles. The summed E-state index contributed by atoms with van der Waals surface area (Å²) in [4.78, 5) is 57.1. The van der Waals surface area contributed by atoms with E-state index in [0.717, 1.165) is 13.8 Å². The lowest BCUT2D eigenvalue weighted by molar-refractivity contribution is -0.277. The number of aliphatic carboxylic acids is 1. The van der Waals surface area contributed by atoms with Crippen LogP contribution in [0.5, 0.6) is 0 Å². The molecule has 1 aliphatic rings. The molecule has 0 aromatic rings. The molecule has 32 heavy (non-hydrogen) atoms. The molecule has 5 unspecified atom stereocenters. The molecule has 0 spiro atoms. The molecule has 1 rings (SSSR count). The first kappa shape index (κ1) is 27.3. The fraction of sp³-hybridized carbons (Fsp3) is 0.750. The van der Waals surface area contributed by atoms with Gasteiger partial charge in [-0.3, -0.25) is 24.0 Å². The number of carbonyl (C=O) groups is 5. The Morgan fingerprint density at radius 1 is 0.875 bits per heavy atom. The van der Waals surface area contributed by atoms with Crippen LogP contribution in [0.1, 0.15) is 53.4 Å². The van der Waals surface area contributed by atoms with Gasteiger partial charge in [0.1, 0.15) is 18.8 Å². The van der Waals surface area contributed by atoms with Crippen molar-refractivity contribution in [3.8, 4) is 0 Å². The first-order valence-electron chi connectivity index (χ1n) is 10.2. The molecular formula is C20H31NO11. The highest BCUT2D eigenvalue weighted by molar-refractivity contribution is 5.73. The number of carbonyl (C=O) groups excluding carboxylic acids is 4. The molecule has 2 N–H and O–H groups in total. The highest BCUT2D eigenvalue weighted by atomic mass is 16.7. The molecule has 1 amide bonds. The lowest BCUT2D eigenvalue weighted by Gasteiger charge is -2.44. The number of amides is 1. The van der Waals surface area contributed by atoms with Crippen LogP contribution in [0.15, 0.2) is 0 Å². The predicted octanol–water partition coefficient (Wildman–Crippen LogP) is 0.304. The van der Waals surface area contributed by atoms with Crippen LogP contribution in [-0.4, -0.2) is 78.7 Å². The Bertz CT molecular complexity index is 680. The minimum Gasteiger partial charge on any atom is -0.481 e. The molecule has 0 bridgehead atoms. The van der Waals surface area contributed by atoms with E-state index in [-0.39, 0.29) is 19.6 Å². The number of carboxylic acid groups (broad SMARTS) is 1. The highest BCUT2D eigenvalue weighted by Gasteiger charge is 2.51. The Morgan fingerprint density at radius 2 is 1.50 bits per heavy atom. The van der Waals surface area contributed by atoms with Crippen molar-refractivity contribution >= 4 is 29.8 Å². The lowest BCUT2D eigenvalue weighted by Crippen LogP contribution is -2.66. The third kappa shape index (κ3) is 10.1. The summed E-state index contributed by atoms with van der Waals surface area (Å²) in [6.07, 6.45) is -2.89. The van der Waals surface area contributed by atoms with Crippen molar-refractivity contribution in [1.82, 2.24) is 5.32 Å². The number of esters is 3. The van der Waals surface area contributed by atoms with Crippen molar-refractivity contribution in [2.75, 3.05) is 13.2 Å². The van der Waals surface area contributed by atoms with Gasteiger partial charge in [0.05, 0.1) is 0 Å². The summed E-state index contributed by atoms with van der Waals surface area (Å²) in [7, 11) is 0. The molecule has 0 radical (unpaired) electrons. The monoisotopic (exact) mass is 461 g/mol. The summed E-state index contributed by atoms with van der Waals surface area (Å²) >= 11 is 0. The molecule has 12 heteroatoms. The first-order chi connectivity index (χ1) is 15.0.